The second kappa shape index (κ2) is 7.33. The number of amides is 1. The van der Waals surface area contributed by atoms with E-state index < -0.39 is 5.91 Å². The summed E-state index contributed by atoms with van der Waals surface area (Å²) in [5.41, 5.74) is 2.79. The largest absolute Gasteiger partial charge is 0.322 e. The first-order chi connectivity index (χ1) is 13.0. The molecule has 0 saturated heterocycles. The summed E-state index contributed by atoms with van der Waals surface area (Å²) in [5.74, 6) is -0.427. The molecule has 4 rings (SSSR count). The molecule has 0 spiro atoms. The van der Waals surface area contributed by atoms with Gasteiger partial charge in [0.25, 0.3) is 11.5 Å². The Bertz CT molecular complexity index is 1080. The predicted molar refractivity (Wildman–Crippen MR) is 111 cm³/mol. The number of halogens is 2. The maximum absolute atomic E-state index is 13.0. The fourth-order valence-electron chi connectivity index (χ4n) is 3.50. The molecule has 1 atom stereocenters. The molecule has 0 aliphatic heterocycles. The number of nitrogens with zero attached hydrogens (tertiary/aromatic N) is 1. The summed E-state index contributed by atoms with van der Waals surface area (Å²) in [6.45, 7) is 0. The molecule has 136 valence electrons. The number of hydrogen-bond donors (Lipinski definition) is 1. The van der Waals surface area contributed by atoms with Gasteiger partial charge < -0.3 is 9.88 Å². The Morgan fingerprint density at radius 3 is 2.70 bits per heavy atom. The summed E-state index contributed by atoms with van der Waals surface area (Å²) in [4.78, 5) is 25.6. The SMILES string of the molecule is O=C(Nc1ccc(Cl)cc1)c1cccn(C2CCc3ccc(Br)cc32)c1=O. The van der Waals surface area contributed by atoms with Gasteiger partial charge >= 0.3 is 0 Å². The fourth-order valence-corrected chi connectivity index (χ4v) is 4.01. The second-order valence-electron chi connectivity index (χ2n) is 6.49. The van der Waals surface area contributed by atoms with E-state index in [2.05, 4.69) is 33.4 Å². The topological polar surface area (TPSA) is 51.1 Å². The number of aromatic nitrogens is 1. The van der Waals surface area contributed by atoms with Crippen LogP contribution in [0.5, 0.6) is 0 Å². The van der Waals surface area contributed by atoms with Crippen molar-refractivity contribution in [1.82, 2.24) is 4.57 Å². The standard InChI is InChI=1S/C21H16BrClN2O2/c22-14-5-3-13-4-10-19(18(13)12-14)25-11-1-2-17(21(25)27)20(26)24-16-8-6-15(23)7-9-16/h1-3,5-9,11-12,19H,4,10H2,(H,24,26). The lowest BCUT2D eigenvalue weighted by molar-refractivity contribution is 0.102. The van der Waals surface area contributed by atoms with Crippen molar-refractivity contribution in [3.05, 3.63) is 97.3 Å². The summed E-state index contributed by atoms with van der Waals surface area (Å²) in [6.07, 6.45) is 3.51. The minimum absolute atomic E-state index is 0.0618. The van der Waals surface area contributed by atoms with E-state index >= 15 is 0 Å². The molecule has 1 heterocycles. The molecule has 6 heteroatoms. The number of carbonyl (C=O) groups excluding carboxylic acids is 1. The van der Waals surface area contributed by atoms with Crippen molar-refractivity contribution >= 4 is 39.1 Å². The lowest BCUT2D eigenvalue weighted by Crippen LogP contribution is -2.31. The molecule has 4 nitrogen and oxygen atoms in total. The highest BCUT2D eigenvalue weighted by atomic mass is 79.9. The zero-order valence-electron chi connectivity index (χ0n) is 14.3. The van der Waals surface area contributed by atoms with Gasteiger partial charge in [0.05, 0.1) is 6.04 Å². The Morgan fingerprint density at radius 1 is 1.15 bits per heavy atom. The van der Waals surface area contributed by atoms with Crippen LogP contribution in [0.25, 0.3) is 0 Å². The summed E-state index contributed by atoms with van der Waals surface area (Å²) < 4.78 is 2.65. The summed E-state index contributed by atoms with van der Waals surface area (Å²) in [5, 5.41) is 3.34. The van der Waals surface area contributed by atoms with Crippen molar-refractivity contribution in [2.24, 2.45) is 0 Å². The van der Waals surface area contributed by atoms with Crippen LogP contribution in [-0.2, 0) is 6.42 Å². The van der Waals surface area contributed by atoms with E-state index in [9.17, 15) is 9.59 Å². The zero-order chi connectivity index (χ0) is 19.0. The van der Waals surface area contributed by atoms with E-state index in [0.29, 0.717) is 10.7 Å². The molecule has 0 saturated carbocycles. The number of pyridine rings is 1. The Kier molecular flexibility index (Phi) is 4.89. The van der Waals surface area contributed by atoms with Gasteiger partial charge in [-0.1, -0.05) is 33.6 Å². The third-order valence-corrected chi connectivity index (χ3v) is 5.56. The van der Waals surface area contributed by atoms with E-state index in [0.717, 1.165) is 22.9 Å². The van der Waals surface area contributed by atoms with Gasteiger partial charge in [0.2, 0.25) is 0 Å². The smallest absolute Gasteiger partial charge is 0.263 e. The van der Waals surface area contributed by atoms with Crippen molar-refractivity contribution in [3.63, 3.8) is 0 Å². The van der Waals surface area contributed by atoms with Gasteiger partial charge in [-0.15, -0.1) is 0 Å². The van der Waals surface area contributed by atoms with E-state index in [-0.39, 0.29) is 17.2 Å². The van der Waals surface area contributed by atoms with Gasteiger partial charge in [-0.2, -0.15) is 0 Å². The minimum atomic E-state index is -0.427. The predicted octanol–water partition coefficient (Wildman–Crippen LogP) is 5.05. The van der Waals surface area contributed by atoms with Gasteiger partial charge in [-0.05, 0) is 72.5 Å². The lowest BCUT2D eigenvalue weighted by atomic mass is 10.1. The number of anilines is 1. The molecule has 2 aromatic carbocycles. The second-order valence-corrected chi connectivity index (χ2v) is 7.85. The van der Waals surface area contributed by atoms with Crippen LogP contribution in [0.4, 0.5) is 5.69 Å². The van der Waals surface area contributed by atoms with E-state index in [1.165, 1.54) is 5.56 Å². The number of rotatable bonds is 3. The maximum Gasteiger partial charge on any atom is 0.263 e. The maximum atomic E-state index is 13.0. The Hall–Kier alpha value is -2.37. The van der Waals surface area contributed by atoms with Crippen molar-refractivity contribution in [3.8, 4) is 0 Å². The van der Waals surface area contributed by atoms with Crippen molar-refractivity contribution in [2.75, 3.05) is 5.32 Å². The highest BCUT2D eigenvalue weighted by molar-refractivity contribution is 9.10. The average Bonchev–Trinajstić information content (AvgIpc) is 3.06. The quantitative estimate of drug-likeness (QED) is 0.616. The molecule has 1 aromatic heterocycles. The third kappa shape index (κ3) is 3.57. The minimum Gasteiger partial charge on any atom is -0.322 e. The molecule has 1 N–H and O–H groups in total. The summed E-state index contributed by atoms with van der Waals surface area (Å²) in [7, 11) is 0. The van der Waals surface area contributed by atoms with Crippen LogP contribution in [0.3, 0.4) is 0 Å². The number of carbonyl (C=O) groups is 1. The molecule has 3 aromatic rings. The Balaban J connectivity index is 1.66. The van der Waals surface area contributed by atoms with Crippen LogP contribution in [0.15, 0.2) is 70.1 Å². The van der Waals surface area contributed by atoms with Crippen LogP contribution in [0.1, 0.15) is 33.9 Å². The van der Waals surface area contributed by atoms with Gasteiger partial charge in [0, 0.05) is 21.4 Å². The first-order valence-corrected chi connectivity index (χ1v) is 9.76. The van der Waals surface area contributed by atoms with Crippen molar-refractivity contribution < 1.29 is 4.79 Å². The Morgan fingerprint density at radius 2 is 1.93 bits per heavy atom. The number of hydrogen-bond acceptors (Lipinski definition) is 2. The van der Waals surface area contributed by atoms with Crippen molar-refractivity contribution in [2.45, 2.75) is 18.9 Å². The molecule has 0 bridgehead atoms. The highest BCUT2D eigenvalue weighted by Gasteiger charge is 2.26. The first kappa shape index (κ1) is 18.0. The van der Waals surface area contributed by atoms with Crippen LogP contribution in [0, 0.1) is 0 Å². The van der Waals surface area contributed by atoms with Crippen LogP contribution in [-0.4, -0.2) is 10.5 Å². The molecule has 1 aliphatic rings. The molecule has 0 fully saturated rings. The Labute approximate surface area is 169 Å². The van der Waals surface area contributed by atoms with E-state index in [4.69, 9.17) is 11.6 Å². The molecule has 0 radical (unpaired) electrons. The normalized spacial score (nSPS) is 15.4. The lowest BCUT2D eigenvalue weighted by Gasteiger charge is -2.17. The van der Waals surface area contributed by atoms with Crippen molar-refractivity contribution in [1.29, 1.82) is 0 Å². The monoisotopic (exact) mass is 442 g/mol. The number of fused-ring (bicyclic) bond motifs is 1. The zero-order valence-corrected chi connectivity index (χ0v) is 16.6. The highest BCUT2D eigenvalue weighted by Crippen LogP contribution is 2.35. The number of benzene rings is 2. The van der Waals surface area contributed by atoms with Crippen LogP contribution >= 0.6 is 27.5 Å². The summed E-state index contributed by atoms with van der Waals surface area (Å²) in [6, 6.07) is 16.2. The van der Waals surface area contributed by atoms with Gasteiger partial charge in [0.1, 0.15) is 5.56 Å². The van der Waals surface area contributed by atoms with E-state index in [1.807, 2.05) is 6.07 Å². The number of nitrogens with one attached hydrogen (secondary N) is 1. The van der Waals surface area contributed by atoms with Crippen LogP contribution < -0.4 is 10.9 Å². The van der Waals surface area contributed by atoms with Gasteiger partial charge in [-0.25, -0.2) is 0 Å². The average molecular weight is 444 g/mol. The fraction of sp³-hybridized carbons (Fsp3) is 0.143. The molecule has 1 aliphatic carbocycles. The third-order valence-electron chi connectivity index (χ3n) is 4.81. The number of aryl methyl sites for hydroxylation is 1. The summed E-state index contributed by atoms with van der Waals surface area (Å²) >= 11 is 9.37. The molecular weight excluding hydrogens is 428 g/mol. The van der Waals surface area contributed by atoms with Gasteiger partial charge in [-0.3, -0.25) is 9.59 Å². The first-order valence-electron chi connectivity index (χ1n) is 8.59. The molecule has 1 amide bonds. The van der Waals surface area contributed by atoms with Crippen LogP contribution in [0.2, 0.25) is 5.02 Å². The van der Waals surface area contributed by atoms with Gasteiger partial charge in [0.15, 0.2) is 0 Å². The molecule has 1 unspecified atom stereocenters. The molecule has 27 heavy (non-hydrogen) atoms. The molecular formula is C21H16BrClN2O2. The van der Waals surface area contributed by atoms with E-state index in [1.54, 1.807) is 47.2 Å².